The second kappa shape index (κ2) is 5.07. The Kier molecular flexibility index (Phi) is 4.80. The van der Waals surface area contributed by atoms with E-state index in [1.165, 1.54) is 7.11 Å². The molecule has 0 fully saturated rings. The van der Waals surface area contributed by atoms with Crippen LogP contribution in [0.5, 0.6) is 0 Å². The van der Waals surface area contributed by atoms with E-state index in [2.05, 4.69) is 9.47 Å². The molecule has 0 rings (SSSR count). The smallest absolute Gasteiger partial charge is 0.438 e. The number of rotatable bonds is 4. The van der Waals surface area contributed by atoms with Crippen molar-refractivity contribution in [3.63, 3.8) is 0 Å². The van der Waals surface area contributed by atoms with Crippen LogP contribution in [-0.2, 0) is 9.47 Å². The summed E-state index contributed by atoms with van der Waals surface area (Å²) < 4.78 is 33.2. The van der Waals surface area contributed by atoms with Gasteiger partial charge in [0.1, 0.15) is 0 Å². The van der Waals surface area contributed by atoms with Crippen LogP contribution in [0.4, 0.5) is 13.0 Å². The molecule has 0 saturated carbocycles. The molecule has 12 heavy (non-hydrogen) atoms. The van der Waals surface area contributed by atoms with Gasteiger partial charge in [0, 0.05) is 6.04 Å². The average molecular weight is 198 g/mol. The summed E-state index contributed by atoms with van der Waals surface area (Å²) in [5, 5.41) is 0. The van der Waals surface area contributed by atoms with Gasteiger partial charge >= 0.3 is 14.9 Å². The van der Waals surface area contributed by atoms with Gasteiger partial charge in [0.15, 0.2) is 0 Å². The molecule has 0 aliphatic heterocycles. The molecule has 0 aliphatic rings. The predicted octanol–water partition coefficient (Wildman–Crippen LogP) is 2.17. The van der Waals surface area contributed by atoms with Crippen molar-refractivity contribution in [3.8, 4) is 0 Å². The van der Waals surface area contributed by atoms with E-state index in [4.69, 9.17) is 0 Å². The molecule has 0 saturated heterocycles. The van der Waals surface area contributed by atoms with Crippen molar-refractivity contribution in [2.45, 2.75) is 19.0 Å². The van der Waals surface area contributed by atoms with E-state index in [1.54, 1.807) is 0 Å². The van der Waals surface area contributed by atoms with Crippen molar-refractivity contribution in [2.75, 3.05) is 13.7 Å². The summed E-state index contributed by atoms with van der Waals surface area (Å²) in [6.45, 7) is 0.967. The Bertz CT molecular complexity index is 146. The molecule has 0 spiro atoms. The highest BCUT2D eigenvalue weighted by molar-refractivity contribution is 6.64. The number of methoxy groups -OCH3 is 1. The fourth-order valence-corrected chi connectivity index (χ4v) is 1.36. The van der Waals surface area contributed by atoms with Crippen molar-refractivity contribution >= 4 is 14.9 Å². The highest BCUT2D eigenvalue weighted by atomic mass is 28.4. The molecule has 0 amide bonds. The lowest BCUT2D eigenvalue weighted by molar-refractivity contribution is 0.0725. The summed E-state index contributed by atoms with van der Waals surface area (Å²) in [7, 11) is -2.80. The Morgan fingerprint density at radius 2 is 2.08 bits per heavy atom. The minimum Gasteiger partial charge on any atom is -0.438 e. The zero-order valence-corrected chi connectivity index (χ0v) is 8.10. The van der Waals surface area contributed by atoms with Gasteiger partial charge in [0.25, 0.3) is 0 Å². The first kappa shape index (κ1) is 11.3. The Labute approximate surface area is 71.0 Å². The van der Waals surface area contributed by atoms with Gasteiger partial charge in [0.05, 0.1) is 13.7 Å². The second-order valence-electron chi connectivity index (χ2n) is 2.48. The Hall–Kier alpha value is -0.653. The largest absolute Gasteiger partial charge is 0.507 e. The number of halogens is 2. The van der Waals surface area contributed by atoms with Gasteiger partial charge in [-0.25, -0.2) is 4.79 Å². The number of hydrogen-bond acceptors (Lipinski definition) is 3. The van der Waals surface area contributed by atoms with Crippen LogP contribution < -0.4 is 0 Å². The molecule has 0 aromatic rings. The molecule has 0 atom stereocenters. The fraction of sp³-hybridized carbons (Fsp3) is 0.833. The molecular formula is C6H12F2O3Si. The second-order valence-corrected chi connectivity index (χ2v) is 5.12. The van der Waals surface area contributed by atoms with Crippen molar-refractivity contribution in [3.05, 3.63) is 0 Å². The SMILES string of the molecule is COC(=O)OCCC[Si](C)(F)F. The van der Waals surface area contributed by atoms with E-state index in [0.717, 1.165) is 6.55 Å². The fourth-order valence-electron chi connectivity index (χ4n) is 0.597. The van der Waals surface area contributed by atoms with Crippen LogP contribution in [0, 0.1) is 0 Å². The quantitative estimate of drug-likeness (QED) is 0.300. The average Bonchev–Trinajstić information content (AvgIpc) is 1.96. The monoisotopic (exact) mass is 198 g/mol. The van der Waals surface area contributed by atoms with Gasteiger partial charge in [-0.3, -0.25) is 8.22 Å². The van der Waals surface area contributed by atoms with Crippen molar-refractivity contribution < 1.29 is 22.5 Å². The summed E-state index contributed by atoms with van der Waals surface area (Å²) >= 11 is 0. The van der Waals surface area contributed by atoms with E-state index in [0.29, 0.717) is 0 Å². The van der Waals surface area contributed by atoms with Crippen LogP contribution in [0.2, 0.25) is 12.6 Å². The van der Waals surface area contributed by atoms with Crippen LogP contribution >= 0.6 is 0 Å². The van der Waals surface area contributed by atoms with E-state index in [1.807, 2.05) is 0 Å². The highest BCUT2D eigenvalue weighted by Crippen LogP contribution is 2.14. The standard InChI is InChI=1S/C6H12F2O3Si/c1-10-6(9)11-4-3-5-12(2,7)8/h3-5H2,1-2H3. The van der Waals surface area contributed by atoms with Gasteiger partial charge in [-0.15, -0.1) is 0 Å². The zero-order chi connectivity index (χ0) is 9.61. The maximum Gasteiger partial charge on any atom is 0.507 e. The maximum atomic E-state index is 12.3. The van der Waals surface area contributed by atoms with Crippen LogP contribution in [0.25, 0.3) is 0 Å². The molecule has 0 radical (unpaired) electrons. The topological polar surface area (TPSA) is 35.5 Å². The molecule has 0 aromatic heterocycles. The Morgan fingerprint density at radius 3 is 2.50 bits per heavy atom. The minimum absolute atomic E-state index is 0.00308. The summed E-state index contributed by atoms with van der Waals surface area (Å²) in [5.74, 6) is 0. The van der Waals surface area contributed by atoms with Gasteiger partial charge in [-0.2, -0.15) is 0 Å². The normalized spacial score (nSPS) is 11.0. The molecular weight excluding hydrogens is 186 g/mol. The van der Waals surface area contributed by atoms with Crippen molar-refractivity contribution in [1.82, 2.24) is 0 Å². The maximum absolute atomic E-state index is 12.3. The van der Waals surface area contributed by atoms with Crippen molar-refractivity contribution in [1.29, 1.82) is 0 Å². The minimum atomic E-state index is -3.97. The lowest BCUT2D eigenvalue weighted by atomic mass is 10.5. The number of hydrogen-bond donors (Lipinski definition) is 0. The first-order chi connectivity index (χ1) is 5.45. The first-order valence-corrected chi connectivity index (χ1v) is 6.00. The molecule has 0 unspecified atom stereocenters. The summed E-state index contributed by atoms with van der Waals surface area (Å²) in [4.78, 5) is 10.3. The van der Waals surface area contributed by atoms with E-state index < -0.39 is 14.9 Å². The van der Waals surface area contributed by atoms with Crippen LogP contribution in [0.15, 0.2) is 0 Å². The van der Waals surface area contributed by atoms with E-state index in [9.17, 15) is 13.0 Å². The number of ether oxygens (including phenoxy) is 2. The Balaban J connectivity index is 3.28. The van der Waals surface area contributed by atoms with Gasteiger partial charge in [-0.1, -0.05) is 0 Å². The van der Waals surface area contributed by atoms with Crippen LogP contribution in [-0.4, -0.2) is 28.6 Å². The third-order valence-electron chi connectivity index (χ3n) is 1.15. The molecule has 0 bridgehead atoms. The predicted molar refractivity (Wildman–Crippen MR) is 41.6 cm³/mol. The zero-order valence-electron chi connectivity index (χ0n) is 7.10. The highest BCUT2D eigenvalue weighted by Gasteiger charge is 2.26. The van der Waals surface area contributed by atoms with E-state index >= 15 is 0 Å². The van der Waals surface area contributed by atoms with Crippen LogP contribution in [0.3, 0.4) is 0 Å². The molecule has 0 aromatic carbocycles. The third kappa shape index (κ3) is 7.45. The lowest BCUT2D eigenvalue weighted by Crippen LogP contribution is -2.17. The van der Waals surface area contributed by atoms with Gasteiger partial charge < -0.3 is 9.47 Å². The lowest BCUT2D eigenvalue weighted by Gasteiger charge is -2.06. The summed E-state index contributed by atoms with van der Waals surface area (Å²) in [5.41, 5.74) is 0. The van der Waals surface area contributed by atoms with E-state index in [-0.39, 0.29) is 19.1 Å². The van der Waals surface area contributed by atoms with Gasteiger partial charge in [0.2, 0.25) is 0 Å². The molecule has 6 heteroatoms. The Morgan fingerprint density at radius 1 is 1.50 bits per heavy atom. The summed E-state index contributed by atoms with van der Waals surface area (Å²) in [6.07, 6.45) is -0.624. The summed E-state index contributed by atoms with van der Waals surface area (Å²) in [6, 6.07) is -0.149. The molecule has 3 nitrogen and oxygen atoms in total. The molecule has 0 heterocycles. The first-order valence-electron chi connectivity index (χ1n) is 3.54. The third-order valence-corrected chi connectivity index (χ3v) is 2.38. The molecule has 0 aliphatic carbocycles. The number of carbonyl (C=O) groups is 1. The van der Waals surface area contributed by atoms with Crippen LogP contribution in [0.1, 0.15) is 6.42 Å². The molecule has 72 valence electrons. The van der Waals surface area contributed by atoms with Crippen molar-refractivity contribution in [2.24, 2.45) is 0 Å². The molecule has 0 N–H and O–H groups in total. The number of carbonyl (C=O) groups excluding carboxylic acids is 1. The van der Waals surface area contributed by atoms with Gasteiger partial charge in [-0.05, 0) is 13.0 Å².